The molecule has 2 rings (SSSR count). The van der Waals surface area contributed by atoms with E-state index in [0.717, 1.165) is 44.6 Å². The summed E-state index contributed by atoms with van der Waals surface area (Å²) in [5.41, 5.74) is 0. The van der Waals surface area contributed by atoms with Crippen LogP contribution in [0.4, 0.5) is 0 Å². The molecule has 22 heavy (non-hydrogen) atoms. The molecule has 1 saturated heterocycles. The zero-order valence-corrected chi connectivity index (χ0v) is 13.7. The monoisotopic (exact) mass is 310 g/mol. The highest BCUT2D eigenvalue weighted by atomic mass is 16.5. The van der Waals surface area contributed by atoms with Crippen LogP contribution >= 0.6 is 0 Å². The molecule has 0 aliphatic carbocycles. The predicted octanol–water partition coefficient (Wildman–Crippen LogP) is 1.31. The van der Waals surface area contributed by atoms with Gasteiger partial charge < -0.3 is 14.6 Å². The van der Waals surface area contributed by atoms with E-state index in [0.29, 0.717) is 5.89 Å². The SMILES string of the molecule is CCCc1noc([C@H](C)N2CCC(NC(=O)COC)CC2)n1. The molecule has 1 atom stereocenters. The normalized spacial score (nSPS) is 18.3. The summed E-state index contributed by atoms with van der Waals surface area (Å²) in [7, 11) is 1.53. The number of methoxy groups -OCH3 is 1. The van der Waals surface area contributed by atoms with Crippen LogP contribution in [0.2, 0.25) is 0 Å². The van der Waals surface area contributed by atoms with Gasteiger partial charge in [-0.25, -0.2) is 0 Å². The van der Waals surface area contributed by atoms with Gasteiger partial charge in [-0.3, -0.25) is 9.69 Å². The maximum Gasteiger partial charge on any atom is 0.246 e. The fraction of sp³-hybridized carbons (Fsp3) is 0.800. The van der Waals surface area contributed by atoms with Crippen LogP contribution in [0.5, 0.6) is 0 Å². The number of aryl methyl sites for hydroxylation is 1. The Kier molecular flexibility index (Phi) is 6.33. The lowest BCUT2D eigenvalue weighted by molar-refractivity contribution is -0.125. The molecule has 0 unspecified atom stereocenters. The quantitative estimate of drug-likeness (QED) is 0.818. The predicted molar refractivity (Wildman–Crippen MR) is 81.3 cm³/mol. The average Bonchev–Trinajstić information content (AvgIpc) is 2.96. The molecule has 2 heterocycles. The van der Waals surface area contributed by atoms with Gasteiger partial charge in [-0.05, 0) is 26.2 Å². The van der Waals surface area contributed by atoms with Crippen molar-refractivity contribution in [3.05, 3.63) is 11.7 Å². The van der Waals surface area contributed by atoms with Crippen molar-refractivity contribution in [2.45, 2.75) is 51.6 Å². The van der Waals surface area contributed by atoms with E-state index in [1.807, 2.05) is 0 Å². The van der Waals surface area contributed by atoms with E-state index in [9.17, 15) is 4.79 Å². The smallest absolute Gasteiger partial charge is 0.246 e. The summed E-state index contributed by atoms with van der Waals surface area (Å²) in [4.78, 5) is 18.3. The molecule has 7 heteroatoms. The van der Waals surface area contributed by atoms with Gasteiger partial charge in [0.1, 0.15) is 6.61 Å². The van der Waals surface area contributed by atoms with Crippen LogP contribution in [0.1, 0.15) is 50.9 Å². The Morgan fingerprint density at radius 3 is 2.86 bits per heavy atom. The number of ether oxygens (including phenoxy) is 1. The molecule has 1 aliphatic rings. The lowest BCUT2D eigenvalue weighted by Crippen LogP contribution is -2.46. The number of hydrogen-bond acceptors (Lipinski definition) is 6. The van der Waals surface area contributed by atoms with Gasteiger partial charge in [-0.2, -0.15) is 4.98 Å². The van der Waals surface area contributed by atoms with Gasteiger partial charge in [0.25, 0.3) is 0 Å². The lowest BCUT2D eigenvalue weighted by Gasteiger charge is -2.34. The molecular weight excluding hydrogens is 284 g/mol. The Morgan fingerprint density at radius 2 is 2.23 bits per heavy atom. The molecule has 0 aromatic carbocycles. The lowest BCUT2D eigenvalue weighted by atomic mass is 10.0. The first-order valence-electron chi connectivity index (χ1n) is 7.98. The zero-order valence-electron chi connectivity index (χ0n) is 13.7. The maximum atomic E-state index is 11.5. The second-order valence-electron chi connectivity index (χ2n) is 5.79. The number of hydrogen-bond donors (Lipinski definition) is 1. The molecule has 1 aromatic rings. The van der Waals surface area contributed by atoms with Crippen molar-refractivity contribution < 1.29 is 14.1 Å². The Bertz CT molecular complexity index is 469. The number of aromatic nitrogens is 2. The van der Waals surface area contributed by atoms with E-state index in [2.05, 4.69) is 34.2 Å². The minimum atomic E-state index is -0.0462. The zero-order chi connectivity index (χ0) is 15.9. The second kappa shape index (κ2) is 8.24. The fourth-order valence-corrected chi connectivity index (χ4v) is 2.75. The Morgan fingerprint density at radius 1 is 1.50 bits per heavy atom. The summed E-state index contributed by atoms with van der Waals surface area (Å²) in [6.45, 7) is 6.13. The van der Waals surface area contributed by atoms with Gasteiger partial charge in [-0.1, -0.05) is 12.1 Å². The summed E-state index contributed by atoms with van der Waals surface area (Å²) < 4.78 is 10.2. The van der Waals surface area contributed by atoms with E-state index in [-0.39, 0.29) is 24.6 Å². The Balaban J connectivity index is 1.81. The third-order valence-corrected chi connectivity index (χ3v) is 4.03. The number of amides is 1. The Labute approximate surface area is 131 Å². The van der Waals surface area contributed by atoms with E-state index in [4.69, 9.17) is 9.26 Å². The third kappa shape index (κ3) is 4.51. The maximum absolute atomic E-state index is 11.5. The number of carbonyl (C=O) groups excluding carboxylic acids is 1. The van der Waals surface area contributed by atoms with Gasteiger partial charge in [0, 0.05) is 32.7 Å². The van der Waals surface area contributed by atoms with Crippen molar-refractivity contribution in [2.75, 3.05) is 26.8 Å². The van der Waals surface area contributed by atoms with Crippen LogP contribution in [0.25, 0.3) is 0 Å². The largest absolute Gasteiger partial charge is 0.375 e. The standard InChI is InChI=1S/C15H26N4O3/c1-4-5-13-17-15(22-18-13)11(2)19-8-6-12(7-9-19)16-14(20)10-21-3/h11-12H,4-10H2,1-3H3,(H,16,20)/t11-/m0/s1. The first-order valence-corrected chi connectivity index (χ1v) is 7.98. The topological polar surface area (TPSA) is 80.5 Å². The summed E-state index contributed by atoms with van der Waals surface area (Å²) in [5.74, 6) is 1.42. The molecule has 124 valence electrons. The van der Waals surface area contributed by atoms with Crippen molar-refractivity contribution >= 4 is 5.91 Å². The van der Waals surface area contributed by atoms with Crippen LogP contribution in [0, 0.1) is 0 Å². The van der Waals surface area contributed by atoms with Crippen LogP contribution in [-0.2, 0) is 16.0 Å². The van der Waals surface area contributed by atoms with E-state index in [1.54, 1.807) is 0 Å². The minimum Gasteiger partial charge on any atom is -0.375 e. The number of piperidine rings is 1. The van der Waals surface area contributed by atoms with Crippen LogP contribution < -0.4 is 5.32 Å². The highest BCUT2D eigenvalue weighted by molar-refractivity contribution is 5.77. The fourth-order valence-electron chi connectivity index (χ4n) is 2.75. The van der Waals surface area contributed by atoms with Crippen LogP contribution in [-0.4, -0.2) is 53.8 Å². The summed E-state index contributed by atoms with van der Waals surface area (Å²) in [6, 6.07) is 0.346. The van der Waals surface area contributed by atoms with Gasteiger partial charge >= 0.3 is 0 Å². The molecule has 0 radical (unpaired) electrons. The Hall–Kier alpha value is -1.47. The molecular formula is C15H26N4O3. The first kappa shape index (κ1) is 16.9. The van der Waals surface area contributed by atoms with E-state index < -0.39 is 0 Å². The first-order chi connectivity index (χ1) is 10.6. The van der Waals surface area contributed by atoms with Crippen LogP contribution in [0.15, 0.2) is 4.52 Å². The van der Waals surface area contributed by atoms with Crippen LogP contribution in [0.3, 0.4) is 0 Å². The highest BCUT2D eigenvalue weighted by Crippen LogP contribution is 2.23. The van der Waals surface area contributed by atoms with Gasteiger partial charge in [0.15, 0.2) is 5.82 Å². The highest BCUT2D eigenvalue weighted by Gasteiger charge is 2.27. The molecule has 7 nitrogen and oxygen atoms in total. The molecule has 0 spiro atoms. The number of carbonyl (C=O) groups is 1. The van der Waals surface area contributed by atoms with Crippen molar-refractivity contribution in [2.24, 2.45) is 0 Å². The second-order valence-corrected chi connectivity index (χ2v) is 5.79. The molecule has 1 aliphatic heterocycles. The number of rotatable bonds is 7. The van der Waals surface area contributed by atoms with E-state index in [1.165, 1.54) is 7.11 Å². The van der Waals surface area contributed by atoms with Crippen molar-refractivity contribution in [3.8, 4) is 0 Å². The molecule has 0 saturated carbocycles. The van der Waals surface area contributed by atoms with Gasteiger partial charge in [0.2, 0.25) is 11.8 Å². The van der Waals surface area contributed by atoms with Crippen molar-refractivity contribution in [1.29, 1.82) is 0 Å². The number of likely N-dealkylation sites (tertiary alicyclic amines) is 1. The molecule has 1 amide bonds. The number of nitrogens with zero attached hydrogens (tertiary/aromatic N) is 3. The molecule has 1 N–H and O–H groups in total. The van der Waals surface area contributed by atoms with Crippen molar-refractivity contribution in [1.82, 2.24) is 20.4 Å². The van der Waals surface area contributed by atoms with Crippen molar-refractivity contribution in [3.63, 3.8) is 0 Å². The van der Waals surface area contributed by atoms with Gasteiger partial charge in [-0.15, -0.1) is 0 Å². The molecule has 1 aromatic heterocycles. The summed E-state index contributed by atoms with van der Waals surface area (Å²) >= 11 is 0. The molecule has 0 bridgehead atoms. The average molecular weight is 310 g/mol. The van der Waals surface area contributed by atoms with E-state index >= 15 is 0 Å². The third-order valence-electron chi connectivity index (χ3n) is 4.03. The number of nitrogens with one attached hydrogen (secondary N) is 1. The molecule has 1 fully saturated rings. The summed E-state index contributed by atoms with van der Waals surface area (Å²) in [6.07, 6.45) is 3.72. The van der Waals surface area contributed by atoms with Gasteiger partial charge in [0.05, 0.1) is 6.04 Å². The minimum absolute atomic E-state index is 0.0462. The summed E-state index contributed by atoms with van der Waals surface area (Å²) in [5, 5.41) is 7.01.